The molecule has 1 aromatic carbocycles. The molecule has 0 radical (unpaired) electrons. The summed E-state index contributed by atoms with van der Waals surface area (Å²) in [6, 6.07) is 9.32. The van der Waals surface area contributed by atoms with Crippen LogP contribution in [0.4, 0.5) is 9.59 Å². The van der Waals surface area contributed by atoms with Crippen LogP contribution in [0.25, 0.3) is 0 Å². The van der Waals surface area contributed by atoms with Crippen LogP contribution in [0.2, 0.25) is 0 Å². The highest BCUT2D eigenvalue weighted by Crippen LogP contribution is 2.12. The van der Waals surface area contributed by atoms with Crippen molar-refractivity contribution in [2.24, 2.45) is 0 Å². The molecule has 6 heteroatoms. The lowest BCUT2D eigenvalue weighted by Crippen LogP contribution is -2.47. The van der Waals surface area contributed by atoms with Crippen LogP contribution in [-0.4, -0.2) is 41.8 Å². The van der Waals surface area contributed by atoms with Crippen molar-refractivity contribution in [1.82, 2.24) is 10.2 Å². The van der Waals surface area contributed by atoms with E-state index >= 15 is 0 Å². The fourth-order valence-corrected chi connectivity index (χ4v) is 2.41. The topological polar surface area (TPSA) is 67.9 Å². The van der Waals surface area contributed by atoms with E-state index in [4.69, 9.17) is 9.47 Å². The maximum absolute atomic E-state index is 12.5. The Bertz CT molecular complexity index is 569. The summed E-state index contributed by atoms with van der Waals surface area (Å²) in [6.45, 7) is 10.8. The normalized spacial score (nSPS) is 12.2. The second-order valence-electron chi connectivity index (χ2n) is 7.59. The van der Waals surface area contributed by atoms with Gasteiger partial charge in [-0.2, -0.15) is 0 Å². The first-order valence-electron chi connectivity index (χ1n) is 9.70. The molecule has 0 aromatic heterocycles. The number of carbonyl (C=O) groups excluding carboxylic acids is 2. The molecule has 0 saturated carbocycles. The molecular formula is C21H34N2O4. The number of unbranched alkanes of at least 4 members (excludes halogenated alkanes) is 1. The number of hydrogen-bond acceptors (Lipinski definition) is 4. The first kappa shape index (κ1) is 22.8. The van der Waals surface area contributed by atoms with E-state index in [1.165, 1.54) is 0 Å². The van der Waals surface area contributed by atoms with Crippen molar-refractivity contribution >= 4 is 12.2 Å². The Hall–Kier alpha value is -2.24. The standard InChI is InChI=1S/C21H34N2O4/c1-6-8-14-23(20(25)27-21(3,4)5)15-18(7-2)22-19(24)26-16-17-12-10-9-11-13-17/h9-13,18H,6-8,14-16H2,1-5H3,(H,22,24). The van der Waals surface area contributed by atoms with E-state index in [9.17, 15) is 9.59 Å². The van der Waals surface area contributed by atoms with E-state index in [2.05, 4.69) is 12.2 Å². The third kappa shape index (κ3) is 9.87. The zero-order valence-corrected chi connectivity index (χ0v) is 17.3. The Morgan fingerprint density at radius 2 is 1.81 bits per heavy atom. The lowest BCUT2D eigenvalue weighted by molar-refractivity contribution is 0.0225. The number of nitrogens with zero attached hydrogens (tertiary/aromatic N) is 1. The lowest BCUT2D eigenvalue weighted by atomic mass is 10.2. The van der Waals surface area contributed by atoms with Crippen molar-refractivity contribution in [3.8, 4) is 0 Å². The van der Waals surface area contributed by atoms with Crippen LogP contribution < -0.4 is 5.32 Å². The molecule has 0 aliphatic heterocycles. The van der Waals surface area contributed by atoms with Crippen molar-refractivity contribution in [1.29, 1.82) is 0 Å². The van der Waals surface area contributed by atoms with Crippen LogP contribution in [0.15, 0.2) is 30.3 Å². The molecule has 0 spiro atoms. The number of ether oxygens (including phenoxy) is 2. The molecule has 0 heterocycles. The number of benzene rings is 1. The van der Waals surface area contributed by atoms with Crippen LogP contribution in [0.5, 0.6) is 0 Å². The van der Waals surface area contributed by atoms with Crippen molar-refractivity contribution in [2.45, 2.75) is 72.1 Å². The Labute approximate surface area is 163 Å². The summed E-state index contributed by atoms with van der Waals surface area (Å²) < 4.78 is 10.8. The van der Waals surface area contributed by atoms with Crippen LogP contribution in [-0.2, 0) is 16.1 Å². The van der Waals surface area contributed by atoms with Gasteiger partial charge < -0.3 is 19.7 Å². The van der Waals surface area contributed by atoms with Gasteiger partial charge in [-0.1, -0.05) is 50.6 Å². The minimum absolute atomic E-state index is 0.197. The molecule has 1 rings (SSSR count). The van der Waals surface area contributed by atoms with Gasteiger partial charge in [0, 0.05) is 19.1 Å². The SMILES string of the molecule is CCCCN(CC(CC)NC(=O)OCc1ccccc1)C(=O)OC(C)(C)C. The highest BCUT2D eigenvalue weighted by Gasteiger charge is 2.24. The monoisotopic (exact) mass is 378 g/mol. The summed E-state index contributed by atoms with van der Waals surface area (Å²) in [5, 5.41) is 2.85. The maximum atomic E-state index is 12.5. The van der Waals surface area contributed by atoms with Crippen LogP contribution in [0.1, 0.15) is 59.4 Å². The van der Waals surface area contributed by atoms with Crippen LogP contribution in [0, 0.1) is 0 Å². The second-order valence-corrected chi connectivity index (χ2v) is 7.59. The van der Waals surface area contributed by atoms with Gasteiger partial charge in [-0.15, -0.1) is 0 Å². The van der Waals surface area contributed by atoms with Gasteiger partial charge in [-0.05, 0) is 39.2 Å². The second kappa shape index (κ2) is 11.5. The number of rotatable bonds is 9. The Balaban J connectivity index is 2.59. The molecule has 27 heavy (non-hydrogen) atoms. The summed E-state index contributed by atoms with van der Waals surface area (Å²) >= 11 is 0. The molecule has 1 unspecified atom stereocenters. The average molecular weight is 379 g/mol. The largest absolute Gasteiger partial charge is 0.445 e. The van der Waals surface area contributed by atoms with E-state index in [0.717, 1.165) is 18.4 Å². The summed E-state index contributed by atoms with van der Waals surface area (Å²) in [5.41, 5.74) is 0.379. The van der Waals surface area contributed by atoms with E-state index in [1.54, 1.807) is 4.90 Å². The van der Waals surface area contributed by atoms with Gasteiger partial charge in [0.2, 0.25) is 0 Å². The third-order valence-electron chi connectivity index (χ3n) is 3.90. The van der Waals surface area contributed by atoms with Gasteiger partial charge in [-0.25, -0.2) is 9.59 Å². The molecule has 152 valence electrons. The van der Waals surface area contributed by atoms with E-state index in [1.807, 2.05) is 58.0 Å². The molecule has 0 aliphatic rings. The van der Waals surface area contributed by atoms with Crippen LogP contribution >= 0.6 is 0 Å². The van der Waals surface area contributed by atoms with Gasteiger partial charge in [0.05, 0.1) is 0 Å². The van der Waals surface area contributed by atoms with E-state index < -0.39 is 11.7 Å². The lowest BCUT2D eigenvalue weighted by Gasteiger charge is -2.30. The van der Waals surface area contributed by atoms with E-state index in [0.29, 0.717) is 19.5 Å². The molecular weight excluding hydrogens is 344 g/mol. The zero-order valence-electron chi connectivity index (χ0n) is 17.3. The summed E-state index contributed by atoms with van der Waals surface area (Å²) in [7, 11) is 0. The summed E-state index contributed by atoms with van der Waals surface area (Å²) in [5.74, 6) is 0. The quantitative estimate of drug-likeness (QED) is 0.674. The average Bonchev–Trinajstić information content (AvgIpc) is 2.61. The number of hydrogen-bond donors (Lipinski definition) is 1. The highest BCUT2D eigenvalue weighted by molar-refractivity contribution is 5.69. The molecule has 1 aromatic rings. The summed E-state index contributed by atoms with van der Waals surface area (Å²) in [4.78, 5) is 26.3. The number of amides is 2. The van der Waals surface area contributed by atoms with Crippen molar-refractivity contribution in [3.05, 3.63) is 35.9 Å². The van der Waals surface area contributed by atoms with Gasteiger partial charge in [0.25, 0.3) is 0 Å². The van der Waals surface area contributed by atoms with E-state index in [-0.39, 0.29) is 18.7 Å². The predicted molar refractivity (Wildman–Crippen MR) is 107 cm³/mol. The molecule has 0 fully saturated rings. The maximum Gasteiger partial charge on any atom is 0.410 e. The van der Waals surface area contributed by atoms with Gasteiger partial charge in [-0.3, -0.25) is 0 Å². The minimum atomic E-state index is -0.550. The van der Waals surface area contributed by atoms with Gasteiger partial charge in [0.1, 0.15) is 12.2 Å². The Morgan fingerprint density at radius 1 is 1.15 bits per heavy atom. The predicted octanol–water partition coefficient (Wildman–Crippen LogP) is 4.73. The molecule has 0 saturated heterocycles. The smallest absolute Gasteiger partial charge is 0.410 e. The van der Waals surface area contributed by atoms with Crippen molar-refractivity contribution in [2.75, 3.05) is 13.1 Å². The highest BCUT2D eigenvalue weighted by atomic mass is 16.6. The molecule has 0 aliphatic carbocycles. The fourth-order valence-electron chi connectivity index (χ4n) is 2.41. The first-order chi connectivity index (χ1) is 12.7. The Morgan fingerprint density at radius 3 is 2.37 bits per heavy atom. The molecule has 1 N–H and O–H groups in total. The molecule has 0 bridgehead atoms. The van der Waals surface area contributed by atoms with Crippen molar-refractivity contribution < 1.29 is 19.1 Å². The van der Waals surface area contributed by atoms with Crippen LogP contribution in [0.3, 0.4) is 0 Å². The number of alkyl carbamates (subject to hydrolysis) is 1. The van der Waals surface area contributed by atoms with Gasteiger partial charge in [0.15, 0.2) is 0 Å². The van der Waals surface area contributed by atoms with Crippen molar-refractivity contribution in [3.63, 3.8) is 0 Å². The summed E-state index contributed by atoms with van der Waals surface area (Å²) in [6.07, 6.45) is 1.71. The fraction of sp³-hybridized carbons (Fsp3) is 0.619. The molecule has 6 nitrogen and oxygen atoms in total. The Kier molecular flexibility index (Phi) is 9.68. The third-order valence-corrected chi connectivity index (χ3v) is 3.90. The molecule has 2 amide bonds. The number of carbonyl (C=O) groups is 2. The number of nitrogens with one attached hydrogen (secondary N) is 1. The molecule has 1 atom stereocenters. The van der Waals surface area contributed by atoms with Gasteiger partial charge >= 0.3 is 12.2 Å². The first-order valence-corrected chi connectivity index (χ1v) is 9.70. The minimum Gasteiger partial charge on any atom is -0.445 e. The zero-order chi connectivity index (χ0) is 20.3.